The minimum atomic E-state index is 0.111. The Bertz CT molecular complexity index is 550. The molecule has 1 aromatic rings. The third-order valence-electron chi connectivity index (χ3n) is 6.57. The summed E-state index contributed by atoms with van der Waals surface area (Å²) in [6, 6.07) is 0.436. The summed E-state index contributed by atoms with van der Waals surface area (Å²) in [5.41, 5.74) is 0.554. The normalized spacial score (nSPS) is 38.9. The summed E-state index contributed by atoms with van der Waals surface area (Å²) in [6.45, 7) is 0.822. The first-order valence-electron chi connectivity index (χ1n) is 8.49. The third kappa shape index (κ3) is 2.10. The molecule has 1 unspecified atom stereocenters. The maximum absolute atomic E-state index is 12.1. The van der Waals surface area contributed by atoms with E-state index in [1.165, 1.54) is 38.5 Å². The van der Waals surface area contributed by atoms with Gasteiger partial charge in [-0.2, -0.15) is 0 Å². The molecule has 4 saturated carbocycles. The van der Waals surface area contributed by atoms with E-state index in [0.717, 1.165) is 24.3 Å². The number of aromatic nitrogens is 2. The lowest BCUT2D eigenvalue weighted by atomic mass is 9.47. The Balaban J connectivity index is 1.61. The first-order chi connectivity index (χ1) is 10.1. The fraction of sp³-hybridized carbons (Fsp3) is 0.824. The molecule has 4 heteroatoms. The average molecular weight is 289 g/mol. The largest absolute Gasteiger partial charge is 0.327 e. The van der Waals surface area contributed by atoms with E-state index in [9.17, 15) is 4.79 Å². The van der Waals surface area contributed by atoms with Gasteiger partial charge < -0.3 is 9.88 Å². The molecule has 4 aliphatic carbocycles. The molecule has 4 nitrogen and oxygen atoms in total. The van der Waals surface area contributed by atoms with Crippen molar-refractivity contribution in [2.45, 2.75) is 51.1 Å². The Hall–Kier alpha value is -1.03. The summed E-state index contributed by atoms with van der Waals surface area (Å²) in [7, 11) is 3.91. The molecule has 0 radical (unpaired) electrons. The molecule has 1 atom stereocenters. The Labute approximate surface area is 126 Å². The second-order valence-corrected chi connectivity index (χ2v) is 7.97. The van der Waals surface area contributed by atoms with Gasteiger partial charge >= 0.3 is 5.69 Å². The van der Waals surface area contributed by atoms with E-state index in [4.69, 9.17) is 0 Å². The van der Waals surface area contributed by atoms with Crippen molar-refractivity contribution < 1.29 is 0 Å². The molecule has 0 aromatic carbocycles. The van der Waals surface area contributed by atoms with Gasteiger partial charge in [-0.05, 0) is 68.7 Å². The lowest BCUT2D eigenvalue weighted by molar-refractivity contribution is -0.0755. The summed E-state index contributed by atoms with van der Waals surface area (Å²) < 4.78 is 3.56. The molecule has 1 heterocycles. The fourth-order valence-corrected chi connectivity index (χ4v) is 6.04. The Morgan fingerprint density at radius 2 is 1.76 bits per heavy atom. The molecule has 0 amide bonds. The van der Waals surface area contributed by atoms with Gasteiger partial charge in [0.15, 0.2) is 0 Å². The van der Waals surface area contributed by atoms with E-state index in [0.29, 0.717) is 11.5 Å². The molecule has 1 aromatic heterocycles. The molecule has 21 heavy (non-hydrogen) atoms. The molecule has 0 aliphatic heterocycles. The Morgan fingerprint density at radius 3 is 2.19 bits per heavy atom. The second-order valence-electron chi connectivity index (χ2n) is 7.97. The van der Waals surface area contributed by atoms with E-state index < -0.39 is 0 Å². The summed E-state index contributed by atoms with van der Waals surface area (Å²) in [4.78, 5) is 12.1. The molecular formula is C17H27N3O. The van der Waals surface area contributed by atoms with Gasteiger partial charge in [0.1, 0.15) is 0 Å². The van der Waals surface area contributed by atoms with Crippen LogP contribution in [0.25, 0.3) is 0 Å². The first kappa shape index (κ1) is 13.6. The van der Waals surface area contributed by atoms with Crippen LogP contribution in [-0.2, 0) is 13.6 Å². The van der Waals surface area contributed by atoms with Gasteiger partial charge in [0.05, 0.1) is 0 Å². The van der Waals surface area contributed by atoms with E-state index in [1.54, 1.807) is 4.57 Å². The number of rotatable bonds is 4. The number of nitrogens with zero attached hydrogens (tertiary/aromatic N) is 2. The summed E-state index contributed by atoms with van der Waals surface area (Å²) in [5, 5.41) is 3.58. The molecule has 116 valence electrons. The van der Waals surface area contributed by atoms with Gasteiger partial charge in [-0.15, -0.1) is 0 Å². The van der Waals surface area contributed by atoms with Gasteiger partial charge in [-0.1, -0.05) is 0 Å². The van der Waals surface area contributed by atoms with Gasteiger partial charge in [0.25, 0.3) is 0 Å². The van der Waals surface area contributed by atoms with Crippen LogP contribution in [0, 0.1) is 23.2 Å². The highest BCUT2D eigenvalue weighted by molar-refractivity contribution is 5.06. The predicted octanol–water partition coefficient (Wildman–Crippen LogP) is 1.99. The quantitative estimate of drug-likeness (QED) is 0.920. The zero-order valence-corrected chi connectivity index (χ0v) is 13.2. The van der Waals surface area contributed by atoms with Crippen molar-refractivity contribution in [3.05, 3.63) is 22.9 Å². The topological polar surface area (TPSA) is 39.0 Å². The van der Waals surface area contributed by atoms with Crippen molar-refractivity contribution in [1.29, 1.82) is 0 Å². The number of hydrogen-bond donors (Lipinski definition) is 1. The van der Waals surface area contributed by atoms with Crippen molar-refractivity contribution >= 4 is 0 Å². The molecule has 4 fully saturated rings. The molecule has 0 spiro atoms. The minimum Gasteiger partial charge on any atom is -0.315 e. The number of imidazole rings is 1. The molecule has 4 aliphatic rings. The summed E-state index contributed by atoms with van der Waals surface area (Å²) >= 11 is 0. The molecule has 4 bridgehead atoms. The number of hydrogen-bond acceptors (Lipinski definition) is 2. The predicted molar refractivity (Wildman–Crippen MR) is 83.1 cm³/mol. The van der Waals surface area contributed by atoms with Crippen LogP contribution < -0.4 is 11.0 Å². The molecule has 0 saturated heterocycles. The van der Waals surface area contributed by atoms with Crippen LogP contribution in [0.4, 0.5) is 0 Å². The van der Waals surface area contributed by atoms with Crippen molar-refractivity contribution in [3.63, 3.8) is 0 Å². The molecule has 5 rings (SSSR count). The van der Waals surface area contributed by atoms with E-state index >= 15 is 0 Å². The maximum Gasteiger partial charge on any atom is 0.327 e. The number of aryl methyl sites for hydroxylation is 1. The SMILES string of the molecule is CNC(Cn1ccn(C)c1=O)C12CC3CC(CC(C3)C1)C2. The van der Waals surface area contributed by atoms with Gasteiger partial charge in [-0.3, -0.25) is 4.57 Å². The second kappa shape index (κ2) is 4.73. The number of likely N-dealkylation sites (N-methyl/N-ethyl adjacent to an activating group) is 1. The molecular weight excluding hydrogens is 262 g/mol. The van der Waals surface area contributed by atoms with E-state index in [1.807, 2.05) is 24.0 Å². The van der Waals surface area contributed by atoms with Crippen LogP contribution >= 0.6 is 0 Å². The fourth-order valence-electron chi connectivity index (χ4n) is 6.04. The zero-order chi connectivity index (χ0) is 14.6. The zero-order valence-electron chi connectivity index (χ0n) is 13.2. The smallest absolute Gasteiger partial charge is 0.315 e. The third-order valence-corrected chi connectivity index (χ3v) is 6.57. The lowest BCUT2D eigenvalue weighted by Crippen LogP contribution is -2.57. The highest BCUT2D eigenvalue weighted by Gasteiger charge is 2.53. The van der Waals surface area contributed by atoms with E-state index in [-0.39, 0.29) is 5.69 Å². The Kier molecular flexibility index (Phi) is 3.07. The van der Waals surface area contributed by atoms with E-state index in [2.05, 4.69) is 12.4 Å². The van der Waals surface area contributed by atoms with Crippen LogP contribution in [0.3, 0.4) is 0 Å². The van der Waals surface area contributed by atoms with Gasteiger partial charge in [0.2, 0.25) is 0 Å². The Morgan fingerprint density at radius 1 is 1.19 bits per heavy atom. The standard InChI is InChI=1S/C17H27N3O/c1-18-15(11-20-4-3-19(2)16(20)21)17-8-12-5-13(9-17)7-14(6-12)10-17/h3-4,12-15,18H,5-11H2,1-2H3. The highest BCUT2D eigenvalue weighted by atomic mass is 16.1. The highest BCUT2D eigenvalue weighted by Crippen LogP contribution is 2.61. The van der Waals surface area contributed by atoms with Crippen molar-refractivity contribution in [2.24, 2.45) is 30.2 Å². The minimum absolute atomic E-state index is 0.111. The van der Waals surface area contributed by atoms with Gasteiger partial charge in [0, 0.05) is 32.0 Å². The maximum atomic E-state index is 12.1. The van der Waals surface area contributed by atoms with Crippen LogP contribution in [0.1, 0.15) is 38.5 Å². The van der Waals surface area contributed by atoms with Crippen LogP contribution in [0.5, 0.6) is 0 Å². The molecule has 1 N–H and O–H groups in total. The van der Waals surface area contributed by atoms with Gasteiger partial charge in [-0.25, -0.2) is 4.79 Å². The lowest BCUT2D eigenvalue weighted by Gasteiger charge is -2.59. The van der Waals surface area contributed by atoms with Crippen molar-refractivity contribution in [2.75, 3.05) is 7.05 Å². The van der Waals surface area contributed by atoms with Crippen LogP contribution in [-0.4, -0.2) is 22.2 Å². The summed E-state index contributed by atoms with van der Waals surface area (Å²) in [5.74, 6) is 2.87. The average Bonchev–Trinajstić information content (AvgIpc) is 2.74. The van der Waals surface area contributed by atoms with Crippen molar-refractivity contribution in [1.82, 2.24) is 14.5 Å². The van der Waals surface area contributed by atoms with Crippen LogP contribution in [0.2, 0.25) is 0 Å². The van der Waals surface area contributed by atoms with Crippen LogP contribution in [0.15, 0.2) is 17.2 Å². The van der Waals surface area contributed by atoms with Crippen molar-refractivity contribution in [3.8, 4) is 0 Å². The first-order valence-corrected chi connectivity index (χ1v) is 8.49. The number of nitrogens with one attached hydrogen (secondary N) is 1. The monoisotopic (exact) mass is 289 g/mol. The summed E-state index contributed by atoms with van der Waals surface area (Å²) in [6.07, 6.45) is 12.4.